The molecule has 4 nitrogen and oxygen atoms in total. The lowest BCUT2D eigenvalue weighted by molar-refractivity contribution is 0.102. The van der Waals surface area contributed by atoms with Crippen molar-refractivity contribution in [3.05, 3.63) is 47.0 Å². The molecule has 5 heteroatoms. The molecule has 2 aromatic rings. The van der Waals surface area contributed by atoms with Gasteiger partial charge in [-0.3, -0.25) is 9.48 Å². The quantitative estimate of drug-likeness (QED) is 0.923. The largest absolute Gasteiger partial charge is 0.319 e. The molecule has 1 aromatic heterocycles. The van der Waals surface area contributed by atoms with Gasteiger partial charge in [0, 0.05) is 13.2 Å². The fourth-order valence-electron chi connectivity index (χ4n) is 1.90. The third-order valence-corrected chi connectivity index (χ3v) is 2.85. The highest BCUT2D eigenvalue weighted by atomic mass is 19.1. The molecule has 100 valence electrons. The topological polar surface area (TPSA) is 46.9 Å². The standard InChI is InChI=1S/C14H16FN3O/c1-4-12-13(8-18(3)17-12)16-14(19)10-7-9(2)5-6-11(10)15/h5-8H,4H2,1-3H3,(H,16,19). The van der Waals surface area contributed by atoms with E-state index in [9.17, 15) is 9.18 Å². The van der Waals surface area contributed by atoms with E-state index in [4.69, 9.17) is 0 Å². The molecular formula is C14H16FN3O. The number of aromatic nitrogens is 2. The lowest BCUT2D eigenvalue weighted by atomic mass is 10.1. The van der Waals surface area contributed by atoms with Crippen LogP contribution in [0.5, 0.6) is 0 Å². The van der Waals surface area contributed by atoms with Crippen molar-refractivity contribution < 1.29 is 9.18 Å². The Kier molecular flexibility index (Phi) is 3.64. The molecule has 0 atom stereocenters. The SMILES string of the molecule is CCc1nn(C)cc1NC(=O)c1cc(C)ccc1F. The van der Waals surface area contributed by atoms with Crippen LogP contribution in [0.2, 0.25) is 0 Å². The second-order valence-corrected chi connectivity index (χ2v) is 4.45. The first-order valence-corrected chi connectivity index (χ1v) is 6.11. The van der Waals surface area contributed by atoms with Gasteiger partial charge in [-0.25, -0.2) is 4.39 Å². The van der Waals surface area contributed by atoms with Crippen molar-refractivity contribution in [2.24, 2.45) is 7.05 Å². The van der Waals surface area contributed by atoms with Gasteiger partial charge in [-0.2, -0.15) is 5.10 Å². The maximum absolute atomic E-state index is 13.6. The fraction of sp³-hybridized carbons (Fsp3) is 0.286. The van der Waals surface area contributed by atoms with E-state index >= 15 is 0 Å². The zero-order chi connectivity index (χ0) is 14.0. The third-order valence-electron chi connectivity index (χ3n) is 2.85. The summed E-state index contributed by atoms with van der Waals surface area (Å²) < 4.78 is 15.3. The van der Waals surface area contributed by atoms with E-state index in [1.54, 1.807) is 24.0 Å². The molecule has 0 unspecified atom stereocenters. The Morgan fingerprint density at radius 2 is 2.21 bits per heavy atom. The number of aryl methyl sites for hydroxylation is 3. The summed E-state index contributed by atoms with van der Waals surface area (Å²) in [5.41, 5.74) is 2.29. The van der Waals surface area contributed by atoms with Crippen molar-refractivity contribution in [3.8, 4) is 0 Å². The van der Waals surface area contributed by atoms with E-state index in [1.165, 1.54) is 12.1 Å². The van der Waals surface area contributed by atoms with E-state index in [0.717, 1.165) is 11.3 Å². The van der Waals surface area contributed by atoms with Crippen LogP contribution in [-0.4, -0.2) is 15.7 Å². The number of benzene rings is 1. The predicted molar refractivity (Wildman–Crippen MR) is 71.7 cm³/mol. The Bertz CT molecular complexity index is 619. The van der Waals surface area contributed by atoms with Crippen LogP contribution in [0.3, 0.4) is 0 Å². The number of halogens is 1. The highest BCUT2D eigenvalue weighted by Crippen LogP contribution is 2.17. The van der Waals surface area contributed by atoms with E-state index < -0.39 is 11.7 Å². The van der Waals surface area contributed by atoms with Crippen LogP contribution in [-0.2, 0) is 13.5 Å². The van der Waals surface area contributed by atoms with Gasteiger partial charge in [-0.1, -0.05) is 18.6 Å². The van der Waals surface area contributed by atoms with Crippen molar-refractivity contribution >= 4 is 11.6 Å². The van der Waals surface area contributed by atoms with Gasteiger partial charge in [-0.05, 0) is 25.5 Å². The molecule has 1 heterocycles. The number of nitrogens with zero attached hydrogens (tertiary/aromatic N) is 2. The minimum Gasteiger partial charge on any atom is -0.319 e. The summed E-state index contributed by atoms with van der Waals surface area (Å²) in [7, 11) is 1.78. The van der Waals surface area contributed by atoms with Gasteiger partial charge in [-0.15, -0.1) is 0 Å². The molecule has 19 heavy (non-hydrogen) atoms. The zero-order valence-corrected chi connectivity index (χ0v) is 11.2. The minimum atomic E-state index is -0.523. The van der Waals surface area contributed by atoms with Crippen molar-refractivity contribution in [3.63, 3.8) is 0 Å². The van der Waals surface area contributed by atoms with Crippen LogP contribution >= 0.6 is 0 Å². The maximum atomic E-state index is 13.6. The summed E-state index contributed by atoms with van der Waals surface area (Å²) in [4.78, 5) is 12.1. The Morgan fingerprint density at radius 3 is 2.89 bits per heavy atom. The summed E-state index contributed by atoms with van der Waals surface area (Å²) >= 11 is 0. The van der Waals surface area contributed by atoms with Gasteiger partial charge in [0.25, 0.3) is 5.91 Å². The molecule has 1 amide bonds. The fourth-order valence-corrected chi connectivity index (χ4v) is 1.90. The first-order chi connectivity index (χ1) is 9.01. The Balaban J connectivity index is 2.27. The van der Waals surface area contributed by atoms with Gasteiger partial charge in [0.1, 0.15) is 5.82 Å². The number of hydrogen-bond donors (Lipinski definition) is 1. The lowest BCUT2D eigenvalue weighted by Gasteiger charge is -2.06. The summed E-state index contributed by atoms with van der Waals surface area (Å²) in [6.45, 7) is 3.77. The first kappa shape index (κ1) is 13.3. The molecule has 1 N–H and O–H groups in total. The van der Waals surface area contributed by atoms with E-state index in [1.807, 2.05) is 13.8 Å². The number of amides is 1. The molecule has 0 saturated heterocycles. The van der Waals surface area contributed by atoms with Crippen LogP contribution in [0.4, 0.5) is 10.1 Å². The number of nitrogens with one attached hydrogen (secondary N) is 1. The molecule has 0 aliphatic carbocycles. The molecule has 2 rings (SSSR count). The molecule has 0 radical (unpaired) electrons. The molecular weight excluding hydrogens is 245 g/mol. The van der Waals surface area contributed by atoms with Gasteiger partial charge >= 0.3 is 0 Å². The molecule has 0 aliphatic heterocycles. The van der Waals surface area contributed by atoms with Crippen molar-refractivity contribution in [2.75, 3.05) is 5.32 Å². The predicted octanol–water partition coefficient (Wildman–Crippen LogP) is 2.68. The monoisotopic (exact) mass is 261 g/mol. The Labute approximate surface area is 111 Å². The highest BCUT2D eigenvalue weighted by molar-refractivity contribution is 6.04. The molecule has 0 aliphatic rings. The van der Waals surface area contributed by atoms with Crippen LogP contribution in [0.15, 0.2) is 24.4 Å². The molecule has 0 bridgehead atoms. The molecule has 0 spiro atoms. The van der Waals surface area contributed by atoms with Crippen molar-refractivity contribution in [2.45, 2.75) is 20.3 Å². The Morgan fingerprint density at radius 1 is 1.47 bits per heavy atom. The van der Waals surface area contributed by atoms with Crippen molar-refractivity contribution in [1.82, 2.24) is 9.78 Å². The smallest absolute Gasteiger partial charge is 0.258 e. The van der Waals surface area contributed by atoms with Gasteiger partial charge in [0.15, 0.2) is 0 Å². The number of rotatable bonds is 3. The summed E-state index contributed by atoms with van der Waals surface area (Å²) in [6, 6.07) is 4.47. The molecule has 0 fully saturated rings. The normalized spacial score (nSPS) is 10.5. The molecule has 0 saturated carbocycles. The first-order valence-electron chi connectivity index (χ1n) is 6.11. The van der Waals surface area contributed by atoms with Gasteiger partial charge < -0.3 is 5.32 Å². The second-order valence-electron chi connectivity index (χ2n) is 4.45. The summed E-state index contributed by atoms with van der Waals surface area (Å²) in [5.74, 6) is -0.978. The average Bonchev–Trinajstić information content (AvgIpc) is 2.72. The number of carbonyl (C=O) groups excluding carboxylic acids is 1. The van der Waals surface area contributed by atoms with E-state index in [-0.39, 0.29) is 5.56 Å². The summed E-state index contributed by atoms with van der Waals surface area (Å²) in [5, 5.41) is 6.93. The number of hydrogen-bond acceptors (Lipinski definition) is 2. The van der Waals surface area contributed by atoms with Crippen LogP contribution in [0.25, 0.3) is 0 Å². The Hall–Kier alpha value is -2.17. The zero-order valence-electron chi connectivity index (χ0n) is 11.2. The van der Waals surface area contributed by atoms with Gasteiger partial charge in [0.05, 0.1) is 16.9 Å². The van der Waals surface area contributed by atoms with Crippen LogP contribution in [0, 0.1) is 12.7 Å². The number of carbonyl (C=O) groups is 1. The van der Waals surface area contributed by atoms with Crippen LogP contribution in [0.1, 0.15) is 28.5 Å². The molecule has 1 aromatic carbocycles. The third kappa shape index (κ3) is 2.81. The average molecular weight is 261 g/mol. The summed E-state index contributed by atoms with van der Waals surface area (Å²) in [6.07, 6.45) is 2.41. The van der Waals surface area contributed by atoms with Gasteiger partial charge in [0.2, 0.25) is 0 Å². The van der Waals surface area contributed by atoms with Crippen LogP contribution < -0.4 is 5.32 Å². The number of anilines is 1. The highest BCUT2D eigenvalue weighted by Gasteiger charge is 2.15. The van der Waals surface area contributed by atoms with E-state index in [2.05, 4.69) is 10.4 Å². The minimum absolute atomic E-state index is 0.0471. The second kappa shape index (κ2) is 5.22. The van der Waals surface area contributed by atoms with E-state index in [0.29, 0.717) is 12.1 Å². The van der Waals surface area contributed by atoms with Crippen molar-refractivity contribution in [1.29, 1.82) is 0 Å². The lowest BCUT2D eigenvalue weighted by Crippen LogP contribution is -2.14. The maximum Gasteiger partial charge on any atom is 0.258 e.